The number of carbonyl (C=O) groups is 5. The summed E-state index contributed by atoms with van der Waals surface area (Å²) in [5.41, 5.74) is 17.0. The van der Waals surface area contributed by atoms with Gasteiger partial charge in [0.25, 0.3) is 0 Å². The number of rotatable bonds is 16. The van der Waals surface area contributed by atoms with Gasteiger partial charge in [-0.3, -0.25) is 19.2 Å². The first-order valence-corrected chi connectivity index (χ1v) is 11.3. The van der Waals surface area contributed by atoms with E-state index >= 15 is 0 Å². The van der Waals surface area contributed by atoms with Crippen molar-refractivity contribution in [1.82, 2.24) is 25.9 Å². The number of nitrogens with two attached hydrogens (primary N) is 3. The molecule has 0 aliphatic rings. The zero-order valence-corrected chi connectivity index (χ0v) is 20.0. The van der Waals surface area contributed by atoms with Gasteiger partial charge in [-0.2, -0.15) is 0 Å². The summed E-state index contributed by atoms with van der Waals surface area (Å²) in [4.78, 5) is 67.7. The summed E-state index contributed by atoms with van der Waals surface area (Å²) in [7, 11) is 0. The molecule has 1 heterocycles. The van der Waals surface area contributed by atoms with Crippen LogP contribution in [-0.2, 0) is 30.4 Å². The third-order valence-corrected chi connectivity index (χ3v) is 5.18. The second-order valence-electron chi connectivity index (χ2n) is 8.53. The van der Waals surface area contributed by atoms with Gasteiger partial charge in [0.1, 0.15) is 18.1 Å². The fraction of sp³-hybridized carbons (Fsp3) is 0.619. The highest BCUT2D eigenvalue weighted by Gasteiger charge is 2.32. The number of imidazole rings is 1. The van der Waals surface area contributed by atoms with Gasteiger partial charge in [-0.05, 0) is 25.3 Å². The molecule has 0 saturated heterocycles. The monoisotopic (exact) mass is 496 g/mol. The maximum absolute atomic E-state index is 13.1. The quantitative estimate of drug-likeness (QED) is 0.112. The van der Waals surface area contributed by atoms with Crippen LogP contribution in [0.15, 0.2) is 12.5 Å². The average Bonchev–Trinajstić information content (AvgIpc) is 3.28. The zero-order valence-electron chi connectivity index (χ0n) is 20.0. The second kappa shape index (κ2) is 14.7. The Balaban J connectivity index is 2.98. The Hall–Kier alpha value is -3.52. The van der Waals surface area contributed by atoms with E-state index in [0.29, 0.717) is 31.5 Å². The lowest BCUT2D eigenvalue weighted by Crippen LogP contribution is -2.59. The molecule has 11 N–H and O–H groups in total. The van der Waals surface area contributed by atoms with Crippen molar-refractivity contribution in [3.8, 4) is 0 Å². The van der Waals surface area contributed by atoms with Crippen molar-refractivity contribution in [2.75, 3.05) is 6.54 Å². The SMILES string of the molecule is CC(C)C(NC(=O)C(Cc1cnc[nH]1)NC(=O)C(N)CCCCN)C(=O)NC(CC(N)=O)C(=O)O. The highest BCUT2D eigenvalue weighted by atomic mass is 16.4. The molecule has 1 rings (SSSR count). The van der Waals surface area contributed by atoms with Gasteiger partial charge >= 0.3 is 5.97 Å². The minimum atomic E-state index is -1.55. The molecule has 0 aliphatic heterocycles. The maximum Gasteiger partial charge on any atom is 0.326 e. The van der Waals surface area contributed by atoms with E-state index in [9.17, 15) is 29.1 Å². The van der Waals surface area contributed by atoms with Crippen LogP contribution < -0.4 is 33.2 Å². The molecule has 14 nitrogen and oxygen atoms in total. The van der Waals surface area contributed by atoms with E-state index in [4.69, 9.17) is 17.2 Å². The average molecular weight is 497 g/mol. The van der Waals surface area contributed by atoms with E-state index in [1.165, 1.54) is 12.5 Å². The molecule has 0 bridgehead atoms. The Labute approximate surface area is 203 Å². The molecule has 0 saturated carbocycles. The molecule has 0 aliphatic carbocycles. The molecule has 0 aromatic carbocycles. The Kier molecular flexibility index (Phi) is 12.4. The second-order valence-corrected chi connectivity index (χ2v) is 8.53. The summed E-state index contributed by atoms with van der Waals surface area (Å²) < 4.78 is 0. The zero-order chi connectivity index (χ0) is 26.5. The van der Waals surface area contributed by atoms with Crippen LogP contribution in [0.3, 0.4) is 0 Å². The topological polar surface area (TPSA) is 248 Å². The highest BCUT2D eigenvalue weighted by Crippen LogP contribution is 2.07. The number of primary amides is 1. The van der Waals surface area contributed by atoms with Crippen LogP contribution in [0.2, 0.25) is 0 Å². The van der Waals surface area contributed by atoms with Crippen LogP contribution in [0, 0.1) is 5.92 Å². The maximum atomic E-state index is 13.1. The van der Waals surface area contributed by atoms with Crippen LogP contribution in [0.5, 0.6) is 0 Å². The molecule has 0 spiro atoms. The summed E-state index contributed by atoms with van der Waals surface area (Å²) in [5.74, 6) is -4.85. The molecule has 0 radical (unpaired) electrons. The molecule has 196 valence electrons. The van der Waals surface area contributed by atoms with E-state index in [-0.39, 0.29) is 6.42 Å². The number of unbranched alkanes of at least 4 members (excludes halogenated alkanes) is 1. The lowest BCUT2D eigenvalue weighted by Gasteiger charge is -2.27. The number of carboxylic acids is 1. The highest BCUT2D eigenvalue weighted by molar-refractivity contribution is 5.95. The number of nitrogens with one attached hydrogen (secondary N) is 4. The predicted molar refractivity (Wildman–Crippen MR) is 125 cm³/mol. The fourth-order valence-electron chi connectivity index (χ4n) is 3.20. The normalized spacial score (nSPS) is 14.4. The van der Waals surface area contributed by atoms with Gasteiger partial charge in [0.15, 0.2) is 0 Å². The van der Waals surface area contributed by atoms with Crippen molar-refractivity contribution < 1.29 is 29.1 Å². The minimum Gasteiger partial charge on any atom is -0.480 e. The third-order valence-electron chi connectivity index (χ3n) is 5.18. The molecule has 4 atom stereocenters. The summed E-state index contributed by atoms with van der Waals surface area (Å²) >= 11 is 0. The van der Waals surface area contributed by atoms with Gasteiger partial charge in [-0.15, -0.1) is 0 Å². The van der Waals surface area contributed by atoms with E-state index in [2.05, 4.69) is 25.9 Å². The van der Waals surface area contributed by atoms with Gasteiger partial charge in [0.2, 0.25) is 23.6 Å². The smallest absolute Gasteiger partial charge is 0.326 e. The standard InChI is InChI=1S/C21H36N8O6/c1-11(2)17(20(33)28-15(21(34)35)8-16(24)30)29-19(32)14(7-12-9-25-10-26-12)27-18(31)13(23)5-3-4-6-22/h9-11,13-15,17H,3-8,22-23H2,1-2H3,(H2,24,30)(H,25,26)(H,27,31)(H,28,33)(H,29,32)(H,34,35). The van der Waals surface area contributed by atoms with Gasteiger partial charge < -0.3 is 43.2 Å². The summed E-state index contributed by atoms with van der Waals surface area (Å²) in [6.07, 6.45) is 4.07. The van der Waals surface area contributed by atoms with Gasteiger partial charge in [-0.25, -0.2) is 9.78 Å². The van der Waals surface area contributed by atoms with E-state index < -0.39 is 66.1 Å². The fourth-order valence-corrected chi connectivity index (χ4v) is 3.20. The Morgan fingerprint density at radius 1 is 1.03 bits per heavy atom. The molecule has 35 heavy (non-hydrogen) atoms. The first-order valence-electron chi connectivity index (χ1n) is 11.3. The molecule has 4 amide bonds. The number of carboxylic acid groups (broad SMARTS) is 1. The first-order chi connectivity index (χ1) is 16.5. The number of amides is 4. The lowest BCUT2D eigenvalue weighted by atomic mass is 10.0. The van der Waals surface area contributed by atoms with Gasteiger partial charge in [0, 0.05) is 18.3 Å². The Morgan fingerprint density at radius 2 is 1.69 bits per heavy atom. The van der Waals surface area contributed by atoms with Crippen molar-refractivity contribution in [2.24, 2.45) is 23.1 Å². The van der Waals surface area contributed by atoms with Crippen molar-refractivity contribution in [3.63, 3.8) is 0 Å². The van der Waals surface area contributed by atoms with Crippen molar-refractivity contribution in [2.45, 2.75) is 70.1 Å². The number of hydrogen-bond acceptors (Lipinski definition) is 8. The van der Waals surface area contributed by atoms with Crippen molar-refractivity contribution >= 4 is 29.6 Å². The minimum absolute atomic E-state index is 0.0406. The number of aromatic nitrogens is 2. The number of aliphatic carboxylic acids is 1. The number of hydrogen-bond donors (Lipinski definition) is 8. The molecule has 1 aromatic rings. The Morgan fingerprint density at radius 3 is 2.20 bits per heavy atom. The van der Waals surface area contributed by atoms with Crippen LogP contribution in [0.1, 0.15) is 45.2 Å². The van der Waals surface area contributed by atoms with E-state index in [1.54, 1.807) is 13.8 Å². The van der Waals surface area contributed by atoms with Crippen LogP contribution >= 0.6 is 0 Å². The lowest BCUT2D eigenvalue weighted by molar-refractivity contribution is -0.144. The van der Waals surface area contributed by atoms with Gasteiger partial charge in [0.05, 0.1) is 18.8 Å². The van der Waals surface area contributed by atoms with Crippen LogP contribution in [-0.4, -0.2) is 75.4 Å². The molecular weight excluding hydrogens is 460 g/mol. The largest absolute Gasteiger partial charge is 0.480 e. The molecule has 0 fully saturated rings. The Bertz CT molecular complexity index is 860. The van der Waals surface area contributed by atoms with Crippen molar-refractivity contribution in [1.29, 1.82) is 0 Å². The third kappa shape index (κ3) is 10.5. The molecule has 1 aromatic heterocycles. The predicted octanol–water partition coefficient (Wildman–Crippen LogP) is -2.52. The van der Waals surface area contributed by atoms with E-state index in [1.807, 2.05) is 0 Å². The number of carbonyl (C=O) groups excluding carboxylic acids is 4. The number of nitrogens with zero attached hydrogens (tertiary/aromatic N) is 1. The number of H-pyrrole nitrogens is 1. The summed E-state index contributed by atoms with van der Waals surface area (Å²) in [6, 6.07) is -4.66. The van der Waals surface area contributed by atoms with E-state index in [0.717, 1.165) is 0 Å². The molecule has 14 heteroatoms. The number of aromatic amines is 1. The van der Waals surface area contributed by atoms with Crippen molar-refractivity contribution in [3.05, 3.63) is 18.2 Å². The van der Waals surface area contributed by atoms with Gasteiger partial charge in [-0.1, -0.05) is 20.3 Å². The summed E-state index contributed by atoms with van der Waals surface area (Å²) in [5, 5.41) is 16.6. The van der Waals surface area contributed by atoms with Crippen LogP contribution in [0.25, 0.3) is 0 Å². The first kappa shape index (κ1) is 29.5. The molecule has 4 unspecified atom stereocenters. The summed E-state index contributed by atoms with van der Waals surface area (Å²) in [6.45, 7) is 3.76. The molecular formula is C21H36N8O6. The van der Waals surface area contributed by atoms with Crippen LogP contribution in [0.4, 0.5) is 0 Å².